The Hall–Kier alpha value is -0.570. The van der Waals surface area contributed by atoms with Crippen LogP contribution in [0.15, 0.2) is 0 Å². The van der Waals surface area contributed by atoms with Crippen molar-refractivity contribution >= 4 is 5.97 Å². The van der Waals surface area contributed by atoms with Gasteiger partial charge in [-0.25, -0.2) is 0 Å². The highest BCUT2D eigenvalue weighted by molar-refractivity contribution is 5.74. The first-order valence-corrected chi connectivity index (χ1v) is 6.30. The third kappa shape index (κ3) is 2.57. The Morgan fingerprint density at radius 3 is 2.44 bits per heavy atom. The lowest BCUT2D eigenvalue weighted by atomic mass is 9.76. The fourth-order valence-electron chi connectivity index (χ4n) is 2.66. The van der Waals surface area contributed by atoms with Gasteiger partial charge < -0.3 is 10.5 Å². The Balaban J connectivity index is 1.98. The molecule has 0 bridgehead atoms. The van der Waals surface area contributed by atoms with Crippen LogP contribution in [0.4, 0.5) is 0 Å². The molecule has 2 unspecified atom stereocenters. The van der Waals surface area contributed by atoms with Crippen LogP contribution in [0.5, 0.6) is 0 Å². The van der Waals surface area contributed by atoms with Crippen LogP contribution in [-0.2, 0) is 9.53 Å². The first-order valence-electron chi connectivity index (χ1n) is 6.30. The van der Waals surface area contributed by atoms with E-state index in [1.807, 2.05) is 20.8 Å². The third-order valence-electron chi connectivity index (χ3n) is 3.84. The van der Waals surface area contributed by atoms with E-state index in [1.54, 1.807) is 0 Å². The zero-order chi connectivity index (χ0) is 12.0. The number of carbonyl (C=O) groups is 1. The highest BCUT2D eigenvalue weighted by Gasteiger charge is 2.50. The van der Waals surface area contributed by atoms with Crippen LogP contribution in [0.3, 0.4) is 0 Å². The maximum absolute atomic E-state index is 12.0. The molecule has 2 atom stereocenters. The zero-order valence-electron chi connectivity index (χ0n) is 10.6. The van der Waals surface area contributed by atoms with Crippen molar-refractivity contribution in [2.24, 2.45) is 17.1 Å². The Morgan fingerprint density at radius 2 is 1.94 bits per heavy atom. The lowest BCUT2D eigenvalue weighted by molar-refractivity contribution is -0.162. The summed E-state index contributed by atoms with van der Waals surface area (Å²) in [5.74, 6) is -0.165. The van der Waals surface area contributed by atoms with Crippen molar-refractivity contribution in [3.63, 3.8) is 0 Å². The van der Waals surface area contributed by atoms with Crippen LogP contribution in [0.2, 0.25) is 0 Å². The van der Waals surface area contributed by atoms with Crippen molar-refractivity contribution in [1.29, 1.82) is 0 Å². The predicted molar refractivity (Wildman–Crippen MR) is 62.8 cm³/mol. The fourth-order valence-corrected chi connectivity index (χ4v) is 2.66. The van der Waals surface area contributed by atoms with Crippen LogP contribution in [0.25, 0.3) is 0 Å². The highest BCUT2D eigenvalue weighted by atomic mass is 16.6. The smallest absolute Gasteiger partial charge is 0.311 e. The van der Waals surface area contributed by atoms with Gasteiger partial charge in [0.05, 0.1) is 5.92 Å². The molecule has 0 aliphatic heterocycles. The van der Waals surface area contributed by atoms with Gasteiger partial charge in [0.25, 0.3) is 0 Å². The Bertz CT molecular complexity index is 289. The molecule has 2 fully saturated rings. The van der Waals surface area contributed by atoms with E-state index < -0.39 is 5.60 Å². The molecule has 0 aromatic heterocycles. The van der Waals surface area contributed by atoms with Gasteiger partial charge in [0.2, 0.25) is 0 Å². The molecule has 0 aromatic carbocycles. The largest absolute Gasteiger partial charge is 0.460 e. The second-order valence-corrected chi connectivity index (χ2v) is 6.55. The summed E-state index contributed by atoms with van der Waals surface area (Å²) in [5, 5.41) is 0. The normalized spacial score (nSPS) is 32.5. The summed E-state index contributed by atoms with van der Waals surface area (Å²) in [5.41, 5.74) is 6.10. The van der Waals surface area contributed by atoms with Gasteiger partial charge in [-0.3, -0.25) is 4.79 Å². The van der Waals surface area contributed by atoms with Crippen LogP contribution < -0.4 is 5.73 Å². The van der Waals surface area contributed by atoms with Gasteiger partial charge >= 0.3 is 5.97 Å². The summed E-state index contributed by atoms with van der Waals surface area (Å²) in [6.45, 7) is 5.73. The first-order chi connectivity index (χ1) is 7.31. The molecule has 0 saturated heterocycles. The van der Waals surface area contributed by atoms with Gasteiger partial charge in [0.15, 0.2) is 0 Å². The van der Waals surface area contributed by atoms with E-state index in [4.69, 9.17) is 10.5 Å². The van der Waals surface area contributed by atoms with E-state index in [0.29, 0.717) is 5.41 Å². The highest BCUT2D eigenvalue weighted by Crippen LogP contribution is 2.57. The number of hydrogen-bond donors (Lipinski definition) is 1. The van der Waals surface area contributed by atoms with Gasteiger partial charge in [-0.2, -0.15) is 0 Å². The van der Waals surface area contributed by atoms with Gasteiger partial charge in [-0.15, -0.1) is 0 Å². The molecular weight excluding hydrogens is 202 g/mol. The molecule has 16 heavy (non-hydrogen) atoms. The van der Waals surface area contributed by atoms with Crippen LogP contribution >= 0.6 is 0 Å². The molecular formula is C13H23NO2. The molecule has 2 aliphatic rings. The van der Waals surface area contributed by atoms with Crippen LogP contribution in [0.1, 0.15) is 52.9 Å². The standard InChI is InChI=1S/C13H23NO2/c1-12(2,3)16-11(15)9-8-13(6-7-13)5-4-10(9)14/h9-10H,4-8,14H2,1-3H3. The van der Waals surface area contributed by atoms with Gasteiger partial charge in [0.1, 0.15) is 5.60 Å². The summed E-state index contributed by atoms with van der Waals surface area (Å²) < 4.78 is 5.45. The molecule has 2 rings (SSSR count). The van der Waals surface area contributed by atoms with Crippen molar-refractivity contribution in [2.75, 3.05) is 0 Å². The second-order valence-electron chi connectivity index (χ2n) is 6.55. The number of hydrogen-bond acceptors (Lipinski definition) is 3. The van der Waals surface area contributed by atoms with Crippen molar-refractivity contribution in [1.82, 2.24) is 0 Å². The molecule has 92 valence electrons. The Morgan fingerprint density at radius 1 is 1.31 bits per heavy atom. The van der Waals surface area contributed by atoms with E-state index in [2.05, 4.69) is 0 Å². The van der Waals surface area contributed by atoms with Gasteiger partial charge in [0, 0.05) is 6.04 Å². The monoisotopic (exact) mass is 225 g/mol. The molecule has 1 spiro atoms. The average molecular weight is 225 g/mol. The Kier molecular flexibility index (Phi) is 2.77. The van der Waals surface area contributed by atoms with E-state index >= 15 is 0 Å². The maximum Gasteiger partial charge on any atom is 0.311 e. The lowest BCUT2D eigenvalue weighted by Gasteiger charge is -2.34. The van der Waals surface area contributed by atoms with E-state index in [9.17, 15) is 4.79 Å². The van der Waals surface area contributed by atoms with Crippen molar-refractivity contribution in [3.05, 3.63) is 0 Å². The first kappa shape index (κ1) is 11.9. The summed E-state index contributed by atoms with van der Waals surface area (Å²) in [7, 11) is 0. The molecule has 0 radical (unpaired) electrons. The third-order valence-corrected chi connectivity index (χ3v) is 3.84. The van der Waals surface area contributed by atoms with Crippen LogP contribution in [0, 0.1) is 11.3 Å². The van der Waals surface area contributed by atoms with E-state index in [1.165, 1.54) is 19.3 Å². The minimum atomic E-state index is -0.398. The molecule has 0 aromatic rings. The number of ether oxygens (including phenoxy) is 1. The van der Waals surface area contributed by atoms with Crippen LogP contribution in [-0.4, -0.2) is 17.6 Å². The topological polar surface area (TPSA) is 52.3 Å². The van der Waals surface area contributed by atoms with E-state index in [0.717, 1.165) is 12.8 Å². The summed E-state index contributed by atoms with van der Waals surface area (Å²) in [4.78, 5) is 12.0. The summed E-state index contributed by atoms with van der Waals surface area (Å²) >= 11 is 0. The lowest BCUT2D eigenvalue weighted by Crippen LogP contribution is -2.43. The molecule has 2 aliphatic carbocycles. The molecule has 2 N–H and O–H groups in total. The SMILES string of the molecule is CC(C)(C)OC(=O)C1CC2(CCC1N)CC2. The molecule has 0 heterocycles. The zero-order valence-corrected chi connectivity index (χ0v) is 10.6. The molecule has 0 amide bonds. The number of carbonyl (C=O) groups excluding carboxylic acids is 1. The quantitative estimate of drug-likeness (QED) is 0.696. The van der Waals surface area contributed by atoms with E-state index in [-0.39, 0.29) is 17.9 Å². The van der Waals surface area contributed by atoms with Crippen molar-refractivity contribution in [3.8, 4) is 0 Å². The number of nitrogens with two attached hydrogens (primary N) is 1. The number of rotatable bonds is 1. The van der Waals surface area contributed by atoms with Crippen molar-refractivity contribution < 1.29 is 9.53 Å². The number of esters is 1. The van der Waals surface area contributed by atoms with Gasteiger partial charge in [-0.1, -0.05) is 0 Å². The minimum Gasteiger partial charge on any atom is -0.460 e. The second kappa shape index (κ2) is 3.73. The minimum absolute atomic E-state index is 0.000995. The Labute approximate surface area is 97.7 Å². The molecule has 3 nitrogen and oxygen atoms in total. The van der Waals surface area contributed by atoms with Gasteiger partial charge in [-0.05, 0) is 58.3 Å². The predicted octanol–water partition coefficient (Wildman–Crippen LogP) is 2.24. The summed E-state index contributed by atoms with van der Waals surface area (Å²) in [6, 6.07) is 0.000995. The fraction of sp³-hybridized carbons (Fsp3) is 0.923. The molecule has 2 saturated carbocycles. The van der Waals surface area contributed by atoms with Crippen molar-refractivity contribution in [2.45, 2.75) is 64.5 Å². The average Bonchev–Trinajstić information content (AvgIpc) is 2.87. The molecule has 3 heteroatoms. The summed E-state index contributed by atoms with van der Waals surface area (Å²) in [6.07, 6.45) is 5.68. The maximum atomic E-state index is 12.0.